The fourth-order valence-corrected chi connectivity index (χ4v) is 2.45. The number of piperidine rings is 1. The zero-order chi connectivity index (χ0) is 13.7. The lowest BCUT2D eigenvalue weighted by Gasteiger charge is -2.30. The lowest BCUT2D eigenvalue weighted by molar-refractivity contribution is -0.123. The van der Waals surface area contributed by atoms with E-state index < -0.39 is 0 Å². The Morgan fingerprint density at radius 3 is 2.84 bits per heavy atom. The number of anilines is 1. The molecule has 5 nitrogen and oxygen atoms in total. The fraction of sp³-hybridized carbons (Fsp3) is 0.571. The van der Waals surface area contributed by atoms with Gasteiger partial charge in [-0.1, -0.05) is 6.07 Å². The molecule has 0 aliphatic carbocycles. The molecule has 0 bridgehead atoms. The molecule has 2 rings (SSSR count). The van der Waals surface area contributed by atoms with E-state index in [-0.39, 0.29) is 11.8 Å². The molecular weight excluding hydrogens is 240 g/mol. The molecule has 2 heterocycles. The van der Waals surface area contributed by atoms with Crippen molar-refractivity contribution in [2.45, 2.75) is 26.3 Å². The number of amides is 1. The van der Waals surface area contributed by atoms with Crippen LogP contribution in [0.3, 0.4) is 0 Å². The number of nitrogens with zero attached hydrogens (tertiary/aromatic N) is 2. The van der Waals surface area contributed by atoms with E-state index in [2.05, 4.69) is 22.1 Å². The van der Waals surface area contributed by atoms with Crippen molar-refractivity contribution >= 4 is 11.7 Å². The van der Waals surface area contributed by atoms with Gasteiger partial charge in [-0.3, -0.25) is 9.69 Å². The van der Waals surface area contributed by atoms with Crippen molar-refractivity contribution in [2.75, 3.05) is 25.0 Å². The first kappa shape index (κ1) is 13.8. The maximum absolute atomic E-state index is 11.1. The van der Waals surface area contributed by atoms with Crippen LogP contribution in [0.5, 0.6) is 0 Å². The average Bonchev–Trinajstić information content (AvgIpc) is 2.40. The van der Waals surface area contributed by atoms with Gasteiger partial charge in [-0.25, -0.2) is 4.98 Å². The number of nitrogens with two attached hydrogens (primary N) is 1. The van der Waals surface area contributed by atoms with E-state index >= 15 is 0 Å². The molecule has 0 atom stereocenters. The van der Waals surface area contributed by atoms with E-state index in [1.165, 1.54) is 0 Å². The van der Waals surface area contributed by atoms with E-state index in [0.29, 0.717) is 0 Å². The van der Waals surface area contributed by atoms with E-state index in [4.69, 9.17) is 5.73 Å². The third-order valence-corrected chi connectivity index (χ3v) is 3.54. The average molecular weight is 262 g/mol. The number of pyridine rings is 1. The number of likely N-dealkylation sites (tertiary alicyclic amines) is 1. The van der Waals surface area contributed by atoms with Crippen LogP contribution in [0.2, 0.25) is 0 Å². The number of carbonyl (C=O) groups is 1. The first-order chi connectivity index (χ1) is 9.19. The molecule has 0 spiro atoms. The molecule has 1 aliphatic rings. The van der Waals surface area contributed by atoms with E-state index in [1.54, 1.807) is 0 Å². The van der Waals surface area contributed by atoms with Gasteiger partial charge >= 0.3 is 0 Å². The molecular formula is C14H22N4O. The molecule has 1 aromatic heterocycles. The summed E-state index contributed by atoms with van der Waals surface area (Å²) >= 11 is 0. The lowest BCUT2D eigenvalue weighted by atomic mass is 9.96. The van der Waals surface area contributed by atoms with Crippen LogP contribution in [0.25, 0.3) is 0 Å². The Balaban J connectivity index is 1.88. The van der Waals surface area contributed by atoms with Gasteiger partial charge in [-0.15, -0.1) is 0 Å². The van der Waals surface area contributed by atoms with E-state index in [9.17, 15) is 4.79 Å². The summed E-state index contributed by atoms with van der Waals surface area (Å²) in [5.41, 5.74) is 6.41. The number of carbonyl (C=O) groups excluding carboxylic acids is 1. The smallest absolute Gasteiger partial charge is 0.220 e. The predicted octanol–water partition coefficient (Wildman–Crippen LogP) is 1.21. The van der Waals surface area contributed by atoms with Crippen molar-refractivity contribution in [3.8, 4) is 0 Å². The molecule has 104 valence electrons. The molecule has 0 aromatic carbocycles. The Hall–Kier alpha value is -1.62. The summed E-state index contributed by atoms with van der Waals surface area (Å²) in [5, 5.41) is 3.22. The standard InChI is InChI=1S/C14H22N4O/c1-2-16-13-5-3-4-12(17-13)10-18-8-6-11(7-9-18)14(15)19/h3-5,11H,2,6-10H2,1H3,(H2,15,19)(H,16,17). The summed E-state index contributed by atoms with van der Waals surface area (Å²) in [6, 6.07) is 6.05. The van der Waals surface area contributed by atoms with Gasteiger partial charge in [0, 0.05) is 19.0 Å². The van der Waals surface area contributed by atoms with Crippen LogP contribution >= 0.6 is 0 Å². The van der Waals surface area contributed by atoms with Crippen molar-refractivity contribution in [3.63, 3.8) is 0 Å². The lowest BCUT2D eigenvalue weighted by Crippen LogP contribution is -2.38. The normalized spacial score (nSPS) is 17.3. The molecule has 5 heteroatoms. The zero-order valence-corrected chi connectivity index (χ0v) is 11.4. The van der Waals surface area contributed by atoms with Crippen molar-refractivity contribution in [2.24, 2.45) is 11.7 Å². The highest BCUT2D eigenvalue weighted by Crippen LogP contribution is 2.18. The number of hydrogen-bond donors (Lipinski definition) is 2. The third kappa shape index (κ3) is 3.92. The van der Waals surface area contributed by atoms with E-state index in [1.807, 2.05) is 18.2 Å². The van der Waals surface area contributed by atoms with Gasteiger partial charge in [-0.2, -0.15) is 0 Å². The maximum atomic E-state index is 11.1. The van der Waals surface area contributed by atoms with Crippen LogP contribution in [0.15, 0.2) is 18.2 Å². The van der Waals surface area contributed by atoms with Gasteiger partial charge in [-0.05, 0) is 45.0 Å². The van der Waals surface area contributed by atoms with Crippen LogP contribution < -0.4 is 11.1 Å². The Labute approximate surface area is 114 Å². The van der Waals surface area contributed by atoms with Crippen LogP contribution in [-0.4, -0.2) is 35.4 Å². The Morgan fingerprint density at radius 1 is 1.47 bits per heavy atom. The molecule has 0 unspecified atom stereocenters. The molecule has 1 saturated heterocycles. The summed E-state index contributed by atoms with van der Waals surface area (Å²) < 4.78 is 0. The Bertz CT molecular complexity index is 427. The molecule has 0 radical (unpaired) electrons. The van der Waals surface area contributed by atoms with Gasteiger partial charge < -0.3 is 11.1 Å². The molecule has 1 fully saturated rings. The quantitative estimate of drug-likeness (QED) is 0.836. The summed E-state index contributed by atoms with van der Waals surface area (Å²) in [5.74, 6) is 0.816. The summed E-state index contributed by atoms with van der Waals surface area (Å²) in [6.45, 7) is 5.61. The van der Waals surface area contributed by atoms with Gasteiger partial charge in [0.2, 0.25) is 5.91 Å². The van der Waals surface area contributed by atoms with Crippen LogP contribution in [0.1, 0.15) is 25.5 Å². The minimum Gasteiger partial charge on any atom is -0.370 e. The summed E-state index contributed by atoms with van der Waals surface area (Å²) in [6.07, 6.45) is 1.73. The second-order valence-corrected chi connectivity index (χ2v) is 5.00. The minimum absolute atomic E-state index is 0.0531. The van der Waals surface area contributed by atoms with Crippen molar-refractivity contribution < 1.29 is 4.79 Å². The van der Waals surface area contributed by atoms with Crippen LogP contribution in [0.4, 0.5) is 5.82 Å². The number of hydrogen-bond acceptors (Lipinski definition) is 4. The Kier molecular flexibility index (Phi) is 4.74. The second kappa shape index (κ2) is 6.52. The first-order valence-corrected chi connectivity index (χ1v) is 6.90. The molecule has 19 heavy (non-hydrogen) atoms. The summed E-state index contributed by atoms with van der Waals surface area (Å²) in [7, 11) is 0. The van der Waals surface area contributed by atoms with Gasteiger partial charge in [0.05, 0.1) is 5.69 Å². The van der Waals surface area contributed by atoms with Crippen LogP contribution in [-0.2, 0) is 11.3 Å². The summed E-state index contributed by atoms with van der Waals surface area (Å²) in [4.78, 5) is 18.0. The van der Waals surface area contributed by atoms with Gasteiger partial charge in [0.15, 0.2) is 0 Å². The molecule has 3 N–H and O–H groups in total. The number of aromatic nitrogens is 1. The first-order valence-electron chi connectivity index (χ1n) is 6.90. The van der Waals surface area contributed by atoms with Gasteiger partial charge in [0.1, 0.15) is 5.82 Å². The van der Waals surface area contributed by atoms with Gasteiger partial charge in [0.25, 0.3) is 0 Å². The highest BCUT2D eigenvalue weighted by atomic mass is 16.1. The SMILES string of the molecule is CCNc1cccc(CN2CCC(C(N)=O)CC2)n1. The number of primary amides is 1. The highest BCUT2D eigenvalue weighted by molar-refractivity contribution is 5.76. The van der Waals surface area contributed by atoms with Crippen LogP contribution in [0, 0.1) is 5.92 Å². The van der Waals surface area contributed by atoms with E-state index in [0.717, 1.165) is 50.5 Å². The molecule has 1 aliphatic heterocycles. The Morgan fingerprint density at radius 2 is 2.21 bits per heavy atom. The molecule has 0 saturated carbocycles. The number of nitrogens with one attached hydrogen (secondary N) is 1. The van der Waals surface area contributed by atoms with Crippen molar-refractivity contribution in [1.82, 2.24) is 9.88 Å². The number of rotatable bonds is 5. The second-order valence-electron chi connectivity index (χ2n) is 5.00. The molecule has 1 amide bonds. The highest BCUT2D eigenvalue weighted by Gasteiger charge is 2.23. The fourth-order valence-electron chi connectivity index (χ4n) is 2.45. The zero-order valence-electron chi connectivity index (χ0n) is 11.4. The minimum atomic E-state index is -0.160. The molecule has 1 aromatic rings. The third-order valence-electron chi connectivity index (χ3n) is 3.54. The maximum Gasteiger partial charge on any atom is 0.220 e. The topological polar surface area (TPSA) is 71.2 Å². The monoisotopic (exact) mass is 262 g/mol. The largest absolute Gasteiger partial charge is 0.370 e. The van der Waals surface area contributed by atoms with Crippen molar-refractivity contribution in [3.05, 3.63) is 23.9 Å². The van der Waals surface area contributed by atoms with Crippen molar-refractivity contribution in [1.29, 1.82) is 0 Å². The predicted molar refractivity (Wildman–Crippen MR) is 75.6 cm³/mol.